The first kappa shape index (κ1) is 22.1. The van der Waals surface area contributed by atoms with Crippen molar-refractivity contribution in [1.29, 1.82) is 0 Å². The molecule has 0 aromatic heterocycles. The Bertz CT molecular complexity index is 1120. The Labute approximate surface area is 183 Å². The zero-order valence-electron chi connectivity index (χ0n) is 15.5. The van der Waals surface area contributed by atoms with Crippen molar-refractivity contribution in [3.05, 3.63) is 58.1 Å². The second-order valence-electron chi connectivity index (χ2n) is 6.32. The maximum atomic E-state index is 12.5. The van der Waals surface area contributed by atoms with E-state index in [1.807, 2.05) is 0 Å². The van der Waals surface area contributed by atoms with Crippen LogP contribution in [0.15, 0.2) is 52.4 Å². The molecule has 8 nitrogen and oxygen atoms in total. The number of anilines is 1. The summed E-state index contributed by atoms with van der Waals surface area (Å²) >= 11 is 11.6. The molecule has 0 fully saturated rings. The highest BCUT2D eigenvalue weighted by Gasteiger charge is 2.19. The predicted octanol–water partition coefficient (Wildman–Crippen LogP) is 3.26. The molecule has 0 bridgehead atoms. The van der Waals surface area contributed by atoms with Crippen molar-refractivity contribution in [2.45, 2.75) is 17.7 Å². The Kier molecular flexibility index (Phi) is 6.96. The van der Waals surface area contributed by atoms with E-state index in [1.165, 1.54) is 42.5 Å². The standard InChI is InChI=1S/C19H17Cl2N3O5S/c20-15-7-6-12(9-16(15)21)19(26)29-11-18(25)23-13-3-1-4-14(10-13)30(27,28)24-17-5-2-8-22-17/h1,3-4,6-7,9-10H,2,5,8,11H2,(H,22,24)(H,23,25). The molecular formula is C19H17Cl2N3O5S. The van der Waals surface area contributed by atoms with E-state index in [2.05, 4.69) is 15.0 Å². The second kappa shape index (κ2) is 9.46. The molecule has 1 aliphatic heterocycles. The normalized spacial score (nSPS) is 13.5. The fourth-order valence-corrected chi connectivity index (χ4v) is 4.05. The van der Waals surface area contributed by atoms with Gasteiger partial charge < -0.3 is 10.1 Å². The zero-order valence-corrected chi connectivity index (χ0v) is 17.9. The van der Waals surface area contributed by atoms with Gasteiger partial charge in [-0.3, -0.25) is 14.5 Å². The van der Waals surface area contributed by atoms with Gasteiger partial charge >= 0.3 is 5.97 Å². The number of amides is 1. The van der Waals surface area contributed by atoms with Gasteiger partial charge in [0.2, 0.25) is 0 Å². The summed E-state index contributed by atoms with van der Waals surface area (Å²) in [6.45, 7) is 0.0278. The van der Waals surface area contributed by atoms with E-state index in [0.717, 1.165) is 6.42 Å². The van der Waals surface area contributed by atoms with E-state index in [0.29, 0.717) is 18.8 Å². The van der Waals surface area contributed by atoms with Gasteiger partial charge in [0.05, 0.1) is 20.5 Å². The minimum absolute atomic E-state index is 0.0253. The van der Waals surface area contributed by atoms with Crippen molar-refractivity contribution in [3.63, 3.8) is 0 Å². The Hall–Kier alpha value is -2.62. The largest absolute Gasteiger partial charge is 0.452 e. The van der Waals surface area contributed by atoms with E-state index < -0.39 is 28.5 Å². The van der Waals surface area contributed by atoms with E-state index in [1.54, 1.807) is 0 Å². The minimum atomic E-state index is -3.81. The highest BCUT2D eigenvalue weighted by Crippen LogP contribution is 2.23. The minimum Gasteiger partial charge on any atom is -0.452 e. The van der Waals surface area contributed by atoms with Crippen molar-refractivity contribution in [3.8, 4) is 0 Å². The number of carbonyl (C=O) groups excluding carboxylic acids is 2. The molecule has 1 heterocycles. The number of aliphatic imine (C=N–C) groups is 1. The van der Waals surface area contributed by atoms with Crippen molar-refractivity contribution in [2.75, 3.05) is 18.5 Å². The van der Waals surface area contributed by atoms with Gasteiger partial charge in [0.1, 0.15) is 5.84 Å². The summed E-state index contributed by atoms with van der Waals surface area (Å²) in [5.74, 6) is -0.966. The average Bonchev–Trinajstić information content (AvgIpc) is 3.21. The number of benzene rings is 2. The summed E-state index contributed by atoms with van der Waals surface area (Å²) in [5.41, 5.74) is 0.382. The SMILES string of the molecule is O=C(COC(=O)c1ccc(Cl)c(Cl)c1)Nc1cccc(S(=O)(=O)NC2=NCCC2)c1. The topological polar surface area (TPSA) is 114 Å². The Morgan fingerprint density at radius 1 is 1.10 bits per heavy atom. The van der Waals surface area contributed by atoms with Crippen LogP contribution < -0.4 is 10.0 Å². The van der Waals surface area contributed by atoms with Crippen molar-refractivity contribution < 1.29 is 22.7 Å². The number of esters is 1. The third-order valence-corrected chi connectivity index (χ3v) is 6.16. The van der Waals surface area contributed by atoms with Crippen LogP contribution in [0.3, 0.4) is 0 Å². The van der Waals surface area contributed by atoms with Crippen LogP contribution >= 0.6 is 23.2 Å². The van der Waals surface area contributed by atoms with Crippen LogP contribution in [-0.4, -0.2) is 39.3 Å². The number of rotatable bonds is 6. The molecule has 3 rings (SSSR count). The molecule has 0 unspecified atom stereocenters. The number of halogens is 2. The Morgan fingerprint density at radius 3 is 2.60 bits per heavy atom. The molecule has 1 amide bonds. The van der Waals surface area contributed by atoms with Gasteiger partial charge in [-0.05, 0) is 42.8 Å². The lowest BCUT2D eigenvalue weighted by Crippen LogP contribution is -2.29. The molecule has 0 saturated carbocycles. The number of sulfonamides is 1. The maximum Gasteiger partial charge on any atom is 0.338 e. The summed E-state index contributed by atoms with van der Waals surface area (Å²) in [7, 11) is -3.81. The van der Waals surface area contributed by atoms with E-state index >= 15 is 0 Å². The zero-order chi connectivity index (χ0) is 21.7. The summed E-state index contributed by atoms with van der Waals surface area (Å²) in [4.78, 5) is 28.2. The van der Waals surface area contributed by atoms with Crippen LogP contribution in [0.2, 0.25) is 10.0 Å². The molecule has 0 saturated heterocycles. The first-order chi connectivity index (χ1) is 14.2. The number of ether oxygens (including phenoxy) is 1. The maximum absolute atomic E-state index is 12.5. The van der Waals surface area contributed by atoms with Crippen LogP contribution in [0.4, 0.5) is 5.69 Å². The fourth-order valence-electron chi connectivity index (χ4n) is 2.61. The summed E-state index contributed by atoms with van der Waals surface area (Å²) in [6.07, 6.45) is 1.37. The Morgan fingerprint density at radius 2 is 1.90 bits per heavy atom. The predicted molar refractivity (Wildman–Crippen MR) is 114 cm³/mol. The van der Waals surface area contributed by atoms with Gasteiger partial charge in [0.15, 0.2) is 6.61 Å². The van der Waals surface area contributed by atoms with Gasteiger partial charge in [-0.25, -0.2) is 13.2 Å². The van der Waals surface area contributed by atoms with Crippen LogP contribution in [0, 0.1) is 0 Å². The highest BCUT2D eigenvalue weighted by molar-refractivity contribution is 7.90. The third kappa shape index (κ3) is 5.71. The quantitative estimate of drug-likeness (QED) is 0.630. The summed E-state index contributed by atoms with van der Waals surface area (Å²) in [5, 5.41) is 2.96. The lowest BCUT2D eigenvalue weighted by atomic mass is 10.2. The number of hydrogen-bond acceptors (Lipinski definition) is 6. The van der Waals surface area contributed by atoms with Gasteiger partial charge in [-0.15, -0.1) is 0 Å². The number of carbonyl (C=O) groups is 2. The molecule has 158 valence electrons. The fraction of sp³-hybridized carbons (Fsp3) is 0.211. The number of nitrogens with zero attached hydrogens (tertiary/aromatic N) is 1. The second-order valence-corrected chi connectivity index (χ2v) is 8.82. The molecule has 11 heteroatoms. The van der Waals surface area contributed by atoms with Gasteiger partial charge in [0.25, 0.3) is 15.9 Å². The first-order valence-electron chi connectivity index (χ1n) is 8.83. The average molecular weight is 470 g/mol. The Balaban J connectivity index is 1.59. The third-order valence-electron chi connectivity index (χ3n) is 4.04. The van der Waals surface area contributed by atoms with Crippen molar-refractivity contribution in [1.82, 2.24) is 4.72 Å². The molecule has 0 radical (unpaired) electrons. The smallest absolute Gasteiger partial charge is 0.338 e. The van der Waals surface area contributed by atoms with Crippen LogP contribution in [0.25, 0.3) is 0 Å². The van der Waals surface area contributed by atoms with Crippen LogP contribution in [0.1, 0.15) is 23.2 Å². The van der Waals surface area contributed by atoms with Crippen LogP contribution in [-0.2, 0) is 19.6 Å². The van der Waals surface area contributed by atoms with E-state index in [-0.39, 0.29) is 26.2 Å². The molecule has 0 spiro atoms. The molecule has 2 aromatic rings. The van der Waals surface area contributed by atoms with Gasteiger partial charge in [-0.2, -0.15) is 0 Å². The molecular weight excluding hydrogens is 453 g/mol. The summed E-state index contributed by atoms with van der Waals surface area (Å²) < 4.78 is 32.3. The highest BCUT2D eigenvalue weighted by atomic mass is 35.5. The van der Waals surface area contributed by atoms with Gasteiger partial charge in [-0.1, -0.05) is 29.3 Å². The number of nitrogens with one attached hydrogen (secondary N) is 2. The lowest BCUT2D eigenvalue weighted by Gasteiger charge is -2.10. The molecule has 2 N–H and O–H groups in total. The molecule has 0 aliphatic carbocycles. The molecule has 30 heavy (non-hydrogen) atoms. The number of amidine groups is 1. The monoisotopic (exact) mass is 469 g/mol. The van der Waals surface area contributed by atoms with Crippen LogP contribution in [0.5, 0.6) is 0 Å². The molecule has 1 aliphatic rings. The number of hydrogen-bond donors (Lipinski definition) is 2. The molecule has 2 aromatic carbocycles. The van der Waals surface area contributed by atoms with Crippen molar-refractivity contribution >= 4 is 56.6 Å². The summed E-state index contributed by atoms with van der Waals surface area (Å²) in [6, 6.07) is 9.91. The lowest BCUT2D eigenvalue weighted by molar-refractivity contribution is -0.119. The van der Waals surface area contributed by atoms with Gasteiger partial charge in [0, 0.05) is 18.7 Å². The molecule has 0 atom stereocenters. The van der Waals surface area contributed by atoms with Crippen molar-refractivity contribution in [2.24, 2.45) is 4.99 Å². The van der Waals surface area contributed by atoms with E-state index in [9.17, 15) is 18.0 Å². The first-order valence-corrected chi connectivity index (χ1v) is 11.1. The van der Waals surface area contributed by atoms with E-state index in [4.69, 9.17) is 27.9 Å².